The van der Waals surface area contributed by atoms with Crippen LogP contribution in [0.1, 0.15) is 42.5 Å². The van der Waals surface area contributed by atoms with Gasteiger partial charge < -0.3 is 5.32 Å². The Balaban J connectivity index is 1.74. The van der Waals surface area contributed by atoms with Crippen molar-refractivity contribution in [3.8, 4) is 0 Å². The van der Waals surface area contributed by atoms with Crippen molar-refractivity contribution in [3.63, 3.8) is 0 Å². The highest BCUT2D eigenvalue weighted by Gasteiger charge is 2.17. The Morgan fingerprint density at radius 3 is 2.40 bits per heavy atom. The Kier molecular flexibility index (Phi) is 5.97. The van der Waals surface area contributed by atoms with Crippen LogP contribution in [0.15, 0.2) is 41.3 Å². The van der Waals surface area contributed by atoms with E-state index >= 15 is 0 Å². The van der Waals surface area contributed by atoms with Crippen molar-refractivity contribution in [3.05, 3.63) is 58.6 Å². The molecule has 0 aromatic heterocycles. The predicted molar refractivity (Wildman–Crippen MR) is 98.5 cm³/mol. The Morgan fingerprint density at radius 1 is 1.04 bits per heavy atom. The molecule has 1 aliphatic rings. The molecule has 1 amide bonds. The van der Waals surface area contributed by atoms with Crippen molar-refractivity contribution in [2.24, 2.45) is 0 Å². The summed E-state index contributed by atoms with van der Waals surface area (Å²) >= 11 is 7.97. The molecule has 0 saturated heterocycles. The first-order valence-electron chi connectivity index (χ1n) is 8.25. The minimum atomic E-state index is -0.736. The van der Waals surface area contributed by atoms with E-state index in [0.717, 1.165) is 35.9 Å². The molecule has 0 bridgehead atoms. The standard InChI is InChI=1S/C19H18ClF2NOS/c20-17-7-6-12(8-18(17)25-16-4-2-1-3-5-16)19(24)23-15-10-13(21)9-14(22)11-15/h6-11,16H,1-5H2,(H,23,24). The third kappa shape index (κ3) is 4.95. The number of nitrogens with one attached hydrogen (secondary N) is 1. The van der Waals surface area contributed by atoms with Gasteiger partial charge in [0.25, 0.3) is 5.91 Å². The van der Waals surface area contributed by atoms with Gasteiger partial charge in [-0.15, -0.1) is 11.8 Å². The molecular formula is C19H18ClF2NOS. The van der Waals surface area contributed by atoms with E-state index in [4.69, 9.17) is 11.6 Å². The van der Waals surface area contributed by atoms with Gasteiger partial charge in [0.2, 0.25) is 0 Å². The topological polar surface area (TPSA) is 29.1 Å². The molecule has 3 rings (SSSR count). The van der Waals surface area contributed by atoms with Gasteiger partial charge in [0.1, 0.15) is 11.6 Å². The minimum absolute atomic E-state index is 0.0823. The SMILES string of the molecule is O=C(Nc1cc(F)cc(F)c1)c1ccc(Cl)c(SC2CCCCC2)c1. The molecule has 2 aromatic carbocycles. The van der Waals surface area contributed by atoms with E-state index < -0.39 is 17.5 Å². The monoisotopic (exact) mass is 381 g/mol. The van der Waals surface area contributed by atoms with E-state index in [2.05, 4.69) is 5.32 Å². The summed E-state index contributed by atoms with van der Waals surface area (Å²) in [5.41, 5.74) is 0.492. The van der Waals surface area contributed by atoms with E-state index in [-0.39, 0.29) is 5.69 Å². The van der Waals surface area contributed by atoms with Crippen molar-refractivity contribution >= 4 is 35.0 Å². The summed E-state index contributed by atoms with van der Waals surface area (Å²) < 4.78 is 26.5. The maximum atomic E-state index is 13.2. The highest BCUT2D eigenvalue weighted by Crippen LogP contribution is 2.37. The van der Waals surface area contributed by atoms with Gasteiger partial charge in [-0.3, -0.25) is 4.79 Å². The average molecular weight is 382 g/mol. The molecule has 25 heavy (non-hydrogen) atoms. The molecule has 2 nitrogen and oxygen atoms in total. The summed E-state index contributed by atoms with van der Waals surface area (Å²) in [7, 11) is 0. The lowest BCUT2D eigenvalue weighted by molar-refractivity contribution is 0.102. The number of rotatable bonds is 4. The van der Waals surface area contributed by atoms with Crippen LogP contribution in [0.2, 0.25) is 5.02 Å². The van der Waals surface area contributed by atoms with Crippen molar-refractivity contribution in [1.82, 2.24) is 0 Å². The first kappa shape index (κ1) is 18.2. The molecule has 1 fully saturated rings. The number of carbonyl (C=O) groups is 1. The summed E-state index contributed by atoms with van der Waals surface area (Å²) in [6, 6.07) is 7.96. The van der Waals surface area contributed by atoms with Crippen LogP contribution in [0.4, 0.5) is 14.5 Å². The number of thioether (sulfide) groups is 1. The van der Waals surface area contributed by atoms with E-state index in [0.29, 0.717) is 15.8 Å². The lowest BCUT2D eigenvalue weighted by Gasteiger charge is -2.21. The fourth-order valence-corrected chi connectivity index (χ4v) is 4.48. The summed E-state index contributed by atoms with van der Waals surface area (Å²) in [6.45, 7) is 0. The molecule has 0 aliphatic heterocycles. The van der Waals surface area contributed by atoms with Gasteiger partial charge in [-0.1, -0.05) is 30.9 Å². The molecule has 0 unspecified atom stereocenters. The molecule has 1 N–H and O–H groups in total. The Bertz CT molecular complexity index is 758. The molecular weight excluding hydrogens is 364 g/mol. The lowest BCUT2D eigenvalue weighted by atomic mass is 10.0. The predicted octanol–water partition coefficient (Wildman–Crippen LogP) is 6.30. The molecule has 0 radical (unpaired) electrons. The Hall–Kier alpha value is -1.59. The minimum Gasteiger partial charge on any atom is -0.322 e. The average Bonchev–Trinajstić information content (AvgIpc) is 2.57. The van der Waals surface area contributed by atoms with Crippen LogP contribution in [-0.2, 0) is 0 Å². The second kappa shape index (κ2) is 8.19. The second-order valence-corrected chi connectivity index (χ2v) is 7.88. The van der Waals surface area contributed by atoms with E-state index in [1.54, 1.807) is 30.0 Å². The number of halogens is 3. The van der Waals surface area contributed by atoms with Crippen LogP contribution in [0.3, 0.4) is 0 Å². The zero-order valence-electron chi connectivity index (χ0n) is 13.5. The van der Waals surface area contributed by atoms with Gasteiger partial charge >= 0.3 is 0 Å². The van der Waals surface area contributed by atoms with Gasteiger partial charge in [0, 0.05) is 27.5 Å². The van der Waals surface area contributed by atoms with Crippen molar-refractivity contribution in [2.75, 3.05) is 5.32 Å². The largest absolute Gasteiger partial charge is 0.322 e. The molecule has 1 aliphatic carbocycles. The second-order valence-electron chi connectivity index (χ2n) is 6.14. The van der Waals surface area contributed by atoms with Gasteiger partial charge in [-0.05, 0) is 43.2 Å². The first-order chi connectivity index (χ1) is 12.0. The molecule has 6 heteroatoms. The van der Waals surface area contributed by atoms with Crippen molar-refractivity contribution in [1.29, 1.82) is 0 Å². The van der Waals surface area contributed by atoms with Gasteiger partial charge in [-0.25, -0.2) is 8.78 Å². The van der Waals surface area contributed by atoms with Crippen molar-refractivity contribution in [2.45, 2.75) is 42.2 Å². The first-order valence-corrected chi connectivity index (χ1v) is 9.51. The summed E-state index contributed by atoms with van der Waals surface area (Å²) in [5, 5.41) is 3.65. The fraction of sp³-hybridized carbons (Fsp3) is 0.316. The molecule has 0 spiro atoms. The number of hydrogen-bond donors (Lipinski definition) is 1. The van der Waals surface area contributed by atoms with Crippen LogP contribution in [0.25, 0.3) is 0 Å². The third-order valence-corrected chi connectivity index (χ3v) is 6.00. The number of carbonyl (C=O) groups excluding carboxylic acids is 1. The molecule has 1 saturated carbocycles. The zero-order valence-corrected chi connectivity index (χ0v) is 15.1. The van der Waals surface area contributed by atoms with Gasteiger partial charge in [-0.2, -0.15) is 0 Å². The van der Waals surface area contributed by atoms with Gasteiger partial charge in [0.15, 0.2) is 0 Å². The third-order valence-electron chi connectivity index (χ3n) is 4.16. The highest BCUT2D eigenvalue weighted by atomic mass is 35.5. The number of hydrogen-bond acceptors (Lipinski definition) is 2. The maximum Gasteiger partial charge on any atom is 0.255 e. The highest BCUT2D eigenvalue weighted by molar-refractivity contribution is 8.00. The smallest absolute Gasteiger partial charge is 0.255 e. The maximum absolute atomic E-state index is 13.2. The molecule has 0 heterocycles. The fourth-order valence-electron chi connectivity index (χ4n) is 2.93. The van der Waals surface area contributed by atoms with Gasteiger partial charge in [0.05, 0.1) is 5.02 Å². The quantitative estimate of drug-likeness (QED) is 0.673. The van der Waals surface area contributed by atoms with E-state index in [1.165, 1.54) is 19.3 Å². The summed E-state index contributed by atoms with van der Waals surface area (Å²) in [4.78, 5) is 13.3. The van der Waals surface area contributed by atoms with Crippen molar-refractivity contribution < 1.29 is 13.6 Å². The normalized spacial score (nSPS) is 15.2. The Morgan fingerprint density at radius 2 is 1.72 bits per heavy atom. The zero-order chi connectivity index (χ0) is 17.8. The van der Waals surface area contributed by atoms with E-state index in [1.807, 2.05) is 0 Å². The van der Waals surface area contributed by atoms with Crippen LogP contribution in [0.5, 0.6) is 0 Å². The molecule has 0 atom stereocenters. The molecule has 2 aromatic rings. The number of anilines is 1. The summed E-state index contributed by atoms with van der Waals surface area (Å²) in [5.74, 6) is -1.90. The Labute approximate surface area is 155 Å². The van der Waals surface area contributed by atoms with Crippen LogP contribution in [0, 0.1) is 11.6 Å². The summed E-state index contributed by atoms with van der Waals surface area (Å²) in [6.07, 6.45) is 6.03. The van der Waals surface area contributed by atoms with Crippen LogP contribution >= 0.6 is 23.4 Å². The lowest BCUT2D eigenvalue weighted by Crippen LogP contribution is -2.13. The number of benzene rings is 2. The van der Waals surface area contributed by atoms with Crippen LogP contribution < -0.4 is 5.32 Å². The molecule has 132 valence electrons. The van der Waals surface area contributed by atoms with E-state index in [9.17, 15) is 13.6 Å². The number of amides is 1. The van der Waals surface area contributed by atoms with Crippen LogP contribution in [-0.4, -0.2) is 11.2 Å².